The first-order valence-corrected chi connectivity index (χ1v) is 7.45. The van der Waals surface area contributed by atoms with E-state index < -0.39 is 15.9 Å². The third kappa shape index (κ3) is 2.74. The first-order chi connectivity index (χ1) is 7.46. The highest BCUT2D eigenvalue weighted by molar-refractivity contribution is 7.91. The number of likely N-dealkylation sites (tertiary alicyclic amines) is 1. The van der Waals surface area contributed by atoms with Gasteiger partial charge in [-0.15, -0.1) is 0 Å². The fourth-order valence-electron chi connectivity index (χ4n) is 2.38. The molecule has 0 radical (unpaired) electrons. The topological polar surface area (TPSA) is 74.7 Å². The summed E-state index contributed by atoms with van der Waals surface area (Å²) in [6.07, 6.45) is 1.14. The zero-order valence-electron chi connectivity index (χ0n) is 9.13. The number of hydrogen-bond donors (Lipinski definition) is 1. The Labute approximate surface area is 95.4 Å². The van der Waals surface area contributed by atoms with E-state index in [4.69, 9.17) is 0 Å². The van der Waals surface area contributed by atoms with Crippen LogP contribution < -0.4 is 0 Å². The maximum atomic E-state index is 11.8. The second-order valence-corrected chi connectivity index (χ2v) is 6.98. The van der Waals surface area contributed by atoms with E-state index in [9.17, 15) is 18.3 Å². The molecule has 0 spiro atoms. The molecule has 16 heavy (non-hydrogen) atoms. The van der Waals surface area contributed by atoms with Crippen molar-refractivity contribution in [1.29, 1.82) is 0 Å². The number of β-amino-alcohol motifs (C(OH)–C–C–N with tert-alkyl or cyclic N) is 1. The van der Waals surface area contributed by atoms with Crippen LogP contribution in [-0.2, 0) is 14.6 Å². The standard InChI is InChI=1S/C10H17NO4S/c12-9-1-3-11(6-9)10(13)5-8-2-4-16(14,15)7-8/h8-9,12H,1-7H2/t8?,9-/m0/s1. The average Bonchev–Trinajstić information content (AvgIpc) is 2.73. The summed E-state index contributed by atoms with van der Waals surface area (Å²) in [5.74, 6) is 0.330. The minimum atomic E-state index is -2.90. The first kappa shape index (κ1) is 11.9. The molecule has 5 nitrogen and oxygen atoms in total. The van der Waals surface area contributed by atoms with Crippen LogP contribution in [0.2, 0.25) is 0 Å². The molecule has 2 fully saturated rings. The molecule has 1 N–H and O–H groups in total. The fraction of sp³-hybridized carbons (Fsp3) is 0.900. The second-order valence-electron chi connectivity index (χ2n) is 4.76. The monoisotopic (exact) mass is 247 g/mol. The van der Waals surface area contributed by atoms with Gasteiger partial charge in [0.2, 0.25) is 5.91 Å². The van der Waals surface area contributed by atoms with E-state index in [1.807, 2.05) is 0 Å². The highest BCUT2D eigenvalue weighted by atomic mass is 32.2. The Morgan fingerprint density at radius 2 is 2.12 bits per heavy atom. The average molecular weight is 247 g/mol. The van der Waals surface area contributed by atoms with E-state index in [1.165, 1.54) is 0 Å². The summed E-state index contributed by atoms with van der Waals surface area (Å²) in [6, 6.07) is 0. The quantitative estimate of drug-likeness (QED) is 0.707. The number of aliphatic hydroxyl groups is 1. The minimum Gasteiger partial charge on any atom is -0.391 e. The van der Waals surface area contributed by atoms with E-state index in [0.717, 1.165) is 0 Å². The lowest BCUT2D eigenvalue weighted by atomic mass is 10.0. The van der Waals surface area contributed by atoms with Crippen LogP contribution in [0, 0.1) is 5.92 Å². The second kappa shape index (κ2) is 4.33. The zero-order chi connectivity index (χ0) is 11.8. The van der Waals surface area contributed by atoms with Crippen molar-refractivity contribution in [1.82, 2.24) is 4.90 Å². The molecule has 1 amide bonds. The van der Waals surface area contributed by atoms with Gasteiger partial charge >= 0.3 is 0 Å². The summed E-state index contributed by atoms with van der Waals surface area (Å²) >= 11 is 0. The molecule has 2 aliphatic rings. The number of amides is 1. The van der Waals surface area contributed by atoms with Crippen LogP contribution in [0.4, 0.5) is 0 Å². The van der Waals surface area contributed by atoms with Gasteiger partial charge in [0, 0.05) is 19.5 Å². The Hall–Kier alpha value is -0.620. The summed E-state index contributed by atoms with van der Waals surface area (Å²) in [6.45, 7) is 0.998. The largest absolute Gasteiger partial charge is 0.391 e. The summed E-state index contributed by atoms with van der Waals surface area (Å²) in [5, 5.41) is 9.30. The maximum absolute atomic E-state index is 11.8. The van der Waals surface area contributed by atoms with Crippen molar-refractivity contribution in [2.45, 2.75) is 25.4 Å². The van der Waals surface area contributed by atoms with Gasteiger partial charge in [-0.2, -0.15) is 0 Å². The highest BCUT2D eigenvalue weighted by Gasteiger charge is 2.32. The van der Waals surface area contributed by atoms with Crippen molar-refractivity contribution in [2.24, 2.45) is 5.92 Å². The van der Waals surface area contributed by atoms with Crippen molar-refractivity contribution in [3.05, 3.63) is 0 Å². The third-order valence-corrected chi connectivity index (χ3v) is 5.14. The van der Waals surface area contributed by atoms with Gasteiger partial charge in [-0.05, 0) is 18.8 Å². The van der Waals surface area contributed by atoms with Gasteiger partial charge in [0.15, 0.2) is 9.84 Å². The van der Waals surface area contributed by atoms with E-state index in [1.54, 1.807) is 4.90 Å². The Kier molecular flexibility index (Phi) is 3.21. The summed E-state index contributed by atoms with van der Waals surface area (Å²) in [5.41, 5.74) is 0. The van der Waals surface area contributed by atoms with Crippen molar-refractivity contribution < 1.29 is 18.3 Å². The Balaban J connectivity index is 1.84. The molecule has 2 heterocycles. The molecule has 92 valence electrons. The molecule has 0 saturated carbocycles. The van der Waals surface area contributed by atoms with E-state index in [0.29, 0.717) is 32.4 Å². The summed E-state index contributed by atoms with van der Waals surface area (Å²) in [7, 11) is -2.90. The predicted molar refractivity (Wildman–Crippen MR) is 58.6 cm³/mol. The minimum absolute atomic E-state index is 0.0151. The molecule has 0 aromatic carbocycles. The Bertz CT molecular complexity index is 378. The zero-order valence-corrected chi connectivity index (χ0v) is 9.95. The molecule has 2 saturated heterocycles. The number of hydrogen-bond acceptors (Lipinski definition) is 4. The van der Waals surface area contributed by atoms with Gasteiger partial charge in [-0.1, -0.05) is 0 Å². The summed E-state index contributed by atoms with van der Waals surface area (Å²) in [4.78, 5) is 13.4. The number of nitrogens with zero attached hydrogens (tertiary/aromatic N) is 1. The van der Waals surface area contributed by atoms with Crippen molar-refractivity contribution in [2.75, 3.05) is 24.6 Å². The fourth-order valence-corrected chi connectivity index (χ4v) is 4.24. The van der Waals surface area contributed by atoms with Gasteiger partial charge in [0.05, 0.1) is 17.6 Å². The molecular weight excluding hydrogens is 230 g/mol. The molecule has 0 aromatic heterocycles. The molecule has 0 bridgehead atoms. The van der Waals surface area contributed by atoms with Gasteiger partial charge in [0.25, 0.3) is 0 Å². The molecule has 2 aliphatic heterocycles. The van der Waals surface area contributed by atoms with E-state index in [-0.39, 0.29) is 23.3 Å². The molecule has 0 aromatic rings. The van der Waals surface area contributed by atoms with Crippen LogP contribution in [0.3, 0.4) is 0 Å². The maximum Gasteiger partial charge on any atom is 0.222 e. The SMILES string of the molecule is O=C(CC1CCS(=O)(=O)C1)N1CC[C@H](O)C1. The molecule has 0 aliphatic carbocycles. The van der Waals surface area contributed by atoms with Crippen molar-refractivity contribution in [3.63, 3.8) is 0 Å². The number of aliphatic hydroxyl groups excluding tert-OH is 1. The van der Waals surface area contributed by atoms with Gasteiger partial charge in [-0.25, -0.2) is 8.42 Å². The van der Waals surface area contributed by atoms with Crippen LogP contribution in [-0.4, -0.2) is 55.0 Å². The van der Waals surface area contributed by atoms with E-state index in [2.05, 4.69) is 0 Å². The molecule has 6 heteroatoms. The number of sulfone groups is 1. The van der Waals surface area contributed by atoms with Crippen LogP contribution in [0.5, 0.6) is 0 Å². The molecule has 2 atom stereocenters. The van der Waals surface area contributed by atoms with Gasteiger partial charge < -0.3 is 10.0 Å². The van der Waals surface area contributed by atoms with Crippen molar-refractivity contribution >= 4 is 15.7 Å². The van der Waals surface area contributed by atoms with Crippen LogP contribution >= 0.6 is 0 Å². The lowest BCUT2D eigenvalue weighted by molar-refractivity contribution is -0.131. The van der Waals surface area contributed by atoms with Gasteiger partial charge in [0.1, 0.15) is 0 Å². The number of carbonyl (C=O) groups is 1. The first-order valence-electron chi connectivity index (χ1n) is 5.62. The Morgan fingerprint density at radius 3 is 2.62 bits per heavy atom. The number of carbonyl (C=O) groups excluding carboxylic acids is 1. The predicted octanol–water partition coefficient (Wildman–Crippen LogP) is -0.596. The molecular formula is C10H17NO4S. The van der Waals surface area contributed by atoms with Crippen LogP contribution in [0.1, 0.15) is 19.3 Å². The Morgan fingerprint density at radius 1 is 1.38 bits per heavy atom. The van der Waals surface area contributed by atoms with Gasteiger partial charge in [-0.3, -0.25) is 4.79 Å². The summed E-state index contributed by atoms with van der Waals surface area (Å²) < 4.78 is 22.5. The molecule has 1 unspecified atom stereocenters. The smallest absolute Gasteiger partial charge is 0.222 e. The normalized spacial score (nSPS) is 33.2. The third-order valence-electron chi connectivity index (χ3n) is 3.31. The van der Waals surface area contributed by atoms with Crippen molar-refractivity contribution in [3.8, 4) is 0 Å². The number of rotatable bonds is 2. The van der Waals surface area contributed by atoms with E-state index >= 15 is 0 Å². The highest BCUT2D eigenvalue weighted by Crippen LogP contribution is 2.23. The lowest BCUT2D eigenvalue weighted by Gasteiger charge is -2.17. The van der Waals surface area contributed by atoms with Crippen LogP contribution in [0.25, 0.3) is 0 Å². The lowest BCUT2D eigenvalue weighted by Crippen LogP contribution is -2.31. The van der Waals surface area contributed by atoms with Crippen LogP contribution in [0.15, 0.2) is 0 Å². The molecule has 2 rings (SSSR count).